The average molecular weight is 242 g/mol. The van der Waals surface area contributed by atoms with Crippen molar-refractivity contribution < 1.29 is 5.11 Å². The summed E-state index contributed by atoms with van der Waals surface area (Å²) < 4.78 is 1.93. The van der Waals surface area contributed by atoms with Gasteiger partial charge in [-0.05, 0) is 29.7 Å². The van der Waals surface area contributed by atoms with E-state index in [0.717, 1.165) is 11.6 Å². The molecular formula is C10H18N4OS. The van der Waals surface area contributed by atoms with Gasteiger partial charge in [0.15, 0.2) is 0 Å². The van der Waals surface area contributed by atoms with Gasteiger partial charge in [0.25, 0.3) is 0 Å². The molecule has 1 aromatic heterocycles. The molecule has 1 saturated carbocycles. The maximum Gasteiger partial charge on any atom is 0.209 e. The fourth-order valence-electron chi connectivity index (χ4n) is 1.95. The van der Waals surface area contributed by atoms with Crippen LogP contribution in [-0.2, 0) is 0 Å². The van der Waals surface area contributed by atoms with Crippen LogP contribution in [0.2, 0.25) is 0 Å². The van der Waals surface area contributed by atoms with Gasteiger partial charge in [-0.1, -0.05) is 31.5 Å². The largest absolute Gasteiger partial charge is 0.392 e. The standard InChI is InChI=1S/C10H18N4OS/c1-2-9(15)7-16-10-11-12-13-14(10)8-5-3-4-6-8/h8-9,15H,2-7H2,1H3. The van der Waals surface area contributed by atoms with E-state index in [1.54, 1.807) is 11.8 Å². The molecule has 0 amide bonds. The third-order valence-corrected chi connectivity index (χ3v) is 4.09. The van der Waals surface area contributed by atoms with Crippen molar-refractivity contribution in [2.75, 3.05) is 5.75 Å². The molecule has 2 rings (SSSR count). The van der Waals surface area contributed by atoms with Gasteiger partial charge in [-0.3, -0.25) is 0 Å². The van der Waals surface area contributed by atoms with Crippen LogP contribution < -0.4 is 0 Å². The second kappa shape index (κ2) is 5.63. The van der Waals surface area contributed by atoms with Crippen LogP contribution in [0, 0.1) is 0 Å². The summed E-state index contributed by atoms with van der Waals surface area (Å²) in [6.07, 6.45) is 5.40. The van der Waals surface area contributed by atoms with Crippen LogP contribution in [0.5, 0.6) is 0 Å². The highest BCUT2D eigenvalue weighted by Crippen LogP contribution is 2.31. The maximum absolute atomic E-state index is 9.51. The molecule has 0 aliphatic heterocycles. The molecule has 1 aliphatic carbocycles. The molecule has 1 fully saturated rings. The molecule has 0 bridgehead atoms. The first-order valence-electron chi connectivity index (χ1n) is 5.90. The fourth-order valence-corrected chi connectivity index (χ4v) is 2.94. The molecule has 1 N–H and O–H groups in total. The van der Waals surface area contributed by atoms with E-state index in [1.165, 1.54) is 25.7 Å². The lowest BCUT2D eigenvalue weighted by atomic mass is 10.3. The number of hydrogen-bond acceptors (Lipinski definition) is 5. The first kappa shape index (κ1) is 11.9. The quantitative estimate of drug-likeness (QED) is 0.795. The van der Waals surface area contributed by atoms with E-state index in [0.29, 0.717) is 11.8 Å². The molecule has 1 atom stereocenters. The van der Waals surface area contributed by atoms with E-state index in [1.807, 2.05) is 11.6 Å². The van der Waals surface area contributed by atoms with Gasteiger partial charge < -0.3 is 5.11 Å². The number of aliphatic hydroxyl groups is 1. The Hall–Kier alpha value is -0.620. The normalized spacial score (nSPS) is 19.1. The second-order valence-corrected chi connectivity index (χ2v) is 5.20. The van der Waals surface area contributed by atoms with E-state index in [9.17, 15) is 5.11 Å². The summed E-state index contributed by atoms with van der Waals surface area (Å²) in [5.41, 5.74) is 0. The van der Waals surface area contributed by atoms with Crippen LogP contribution in [0.25, 0.3) is 0 Å². The number of hydrogen-bond donors (Lipinski definition) is 1. The minimum Gasteiger partial charge on any atom is -0.392 e. The molecule has 90 valence electrons. The number of nitrogens with zero attached hydrogens (tertiary/aromatic N) is 4. The summed E-state index contributed by atoms with van der Waals surface area (Å²) in [7, 11) is 0. The Bertz CT molecular complexity index is 324. The van der Waals surface area contributed by atoms with Gasteiger partial charge in [-0.25, -0.2) is 4.68 Å². The third-order valence-electron chi connectivity index (χ3n) is 3.01. The van der Waals surface area contributed by atoms with Crippen molar-refractivity contribution in [1.29, 1.82) is 0 Å². The van der Waals surface area contributed by atoms with Crippen molar-refractivity contribution in [3.63, 3.8) is 0 Å². The van der Waals surface area contributed by atoms with Gasteiger partial charge in [0.2, 0.25) is 5.16 Å². The molecule has 6 heteroatoms. The highest BCUT2D eigenvalue weighted by Gasteiger charge is 2.21. The Morgan fingerprint density at radius 2 is 2.25 bits per heavy atom. The van der Waals surface area contributed by atoms with E-state index in [4.69, 9.17) is 0 Å². The summed E-state index contributed by atoms with van der Waals surface area (Å²) in [5, 5.41) is 22.2. The summed E-state index contributed by atoms with van der Waals surface area (Å²) in [5.74, 6) is 0.670. The number of aromatic nitrogens is 4. The zero-order valence-corrected chi connectivity index (χ0v) is 10.4. The Labute approximate surface area is 99.6 Å². The van der Waals surface area contributed by atoms with Gasteiger partial charge in [-0.2, -0.15) is 0 Å². The Morgan fingerprint density at radius 3 is 2.94 bits per heavy atom. The Morgan fingerprint density at radius 1 is 1.50 bits per heavy atom. The number of thioether (sulfide) groups is 1. The summed E-state index contributed by atoms with van der Waals surface area (Å²) >= 11 is 1.55. The molecule has 0 spiro atoms. The fraction of sp³-hybridized carbons (Fsp3) is 0.900. The van der Waals surface area contributed by atoms with Crippen LogP contribution >= 0.6 is 11.8 Å². The molecule has 1 unspecified atom stereocenters. The van der Waals surface area contributed by atoms with Gasteiger partial charge in [0.1, 0.15) is 0 Å². The van der Waals surface area contributed by atoms with Crippen LogP contribution in [0.4, 0.5) is 0 Å². The van der Waals surface area contributed by atoms with Gasteiger partial charge in [0, 0.05) is 5.75 Å². The third kappa shape index (κ3) is 2.74. The summed E-state index contributed by atoms with van der Waals surface area (Å²) in [6, 6.07) is 0.469. The molecule has 0 saturated heterocycles. The molecular weight excluding hydrogens is 224 g/mol. The highest BCUT2D eigenvalue weighted by molar-refractivity contribution is 7.99. The summed E-state index contributed by atoms with van der Waals surface area (Å²) in [6.45, 7) is 1.98. The zero-order chi connectivity index (χ0) is 11.4. The van der Waals surface area contributed by atoms with Gasteiger partial charge in [0.05, 0.1) is 12.1 Å². The average Bonchev–Trinajstić information content (AvgIpc) is 2.95. The first-order chi connectivity index (χ1) is 7.81. The van der Waals surface area contributed by atoms with Crippen LogP contribution in [0.15, 0.2) is 5.16 Å². The van der Waals surface area contributed by atoms with E-state index < -0.39 is 0 Å². The number of aliphatic hydroxyl groups excluding tert-OH is 1. The maximum atomic E-state index is 9.51. The van der Waals surface area contributed by atoms with E-state index in [2.05, 4.69) is 15.5 Å². The van der Waals surface area contributed by atoms with Crippen molar-refractivity contribution >= 4 is 11.8 Å². The van der Waals surface area contributed by atoms with Crippen molar-refractivity contribution in [2.24, 2.45) is 0 Å². The lowest BCUT2D eigenvalue weighted by Gasteiger charge is -2.11. The van der Waals surface area contributed by atoms with Crippen LogP contribution in [0.3, 0.4) is 0 Å². The molecule has 16 heavy (non-hydrogen) atoms. The van der Waals surface area contributed by atoms with Crippen molar-refractivity contribution in [3.05, 3.63) is 0 Å². The van der Waals surface area contributed by atoms with Crippen molar-refractivity contribution in [2.45, 2.75) is 56.3 Å². The topological polar surface area (TPSA) is 63.8 Å². The predicted octanol–water partition coefficient (Wildman–Crippen LogP) is 1.65. The van der Waals surface area contributed by atoms with E-state index >= 15 is 0 Å². The Balaban J connectivity index is 1.95. The molecule has 0 radical (unpaired) electrons. The minimum absolute atomic E-state index is 0.265. The van der Waals surface area contributed by atoms with Crippen LogP contribution in [0.1, 0.15) is 45.1 Å². The van der Waals surface area contributed by atoms with Crippen molar-refractivity contribution in [3.8, 4) is 0 Å². The van der Waals surface area contributed by atoms with E-state index in [-0.39, 0.29) is 6.10 Å². The second-order valence-electron chi connectivity index (χ2n) is 4.22. The SMILES string of the molecule is CCC(O)CSc1nnnn1C1CCCC1. The van der Waals surface area contributed by atoms with Gasteiger partial charge in [-0.15, -0.1) is 5.10 Å². The van der Waals surface area contributed by atoms with Gasteiger partial charge >= 0.3 is 0 Å². The minimum atomic E-state index is -0.265. The molecule has 5 nitrogen and oxygen atoms in total. The number of rotatable bonds is 5. The van der Waals surface area contributed by atoms with Crippen LogP contribution in [-0.4, -0.2) is 37.2 Å². The zero-order valence-electron chi connectivity index (χ0n) is 9.54. The van der Waals surface area contributed by atoms with Crippen molar-refractivity contribution in [1.82, 2.24) is 20.2 Å². The Kier molecular flexibility index (Phi) is 4.17. The molecule has 0 aromatic carbocycles. The molecule has 1 heterocycles. The number of tetrazole rings is 1. The molecule has 1 aliphatic rings. The predicted molar refractivity (Wildman–Crippen MR) is 62.3 cm³/mol. The lowest BCUT2D eigenvalue weighted by molar-refractivity contribution is 0.195. The molecule has 1 aromatic rings. The smallest absolute Gasteiger partial charge is 0.209 e. The monoisotopic (exact) mass is 242 g/mol. The first-order valence-corrected chi connectivity index (χ1v) is 6.88. The summed E-state index contributed by atoms with van der Waals surface area (Å²) in [4.78, 5) is 0. The lowest BCUT2D eigenvalue weighted by Crippen LogP contribution is -2.11. The highest BCUT2D eigenvalue weighted by atomic mass is 32.2.